The molecule has 1 unspecified atom stereocenters. The van der Waals surface area contributed by atoms with Gasteiger partial charge in [-0.25, -0.2) is 0 Å². The SMILES string of the molecule is C=C(C)CC/C=C(\CCC)C(C)O. The van der Waals surface area contributed by atoms with Gasteiger partial charge in [0.05, 0.1) is 6.10 Å². The predicted octanol–water partition coefficient (Wildman–Crippen LogP) is 3.45. The lowest BCUT2D eigenvalue weighted by Gasteiger charge is -2.09. The molecule has 13 heavy (non-hydrogen) atoms. The summed E-state index contributed by atoms with van der Waals surface area (Å²) in [7, 11) is 0. The summed E-state index contributed by atoms with van der Waals surface area (Å²) < 4.78 is 0. The molecule has 76 valence electrons. The molecule has 0 radical (unpaired) electrons. The fraction of sp³-hybridized carbons (Fsp3) is 0.667. The largest absolute Gasteiger partial charge is 0.389 e. The van der Waals surface area contributed by atoms with E-state index < -0.39 is 0 Å². The Labute approximate surface area is 82.2 Å². The molecule has 0 aliphatic rings. The fourth-order valence-electron chi connectivity index (χ4n) is 1.27. The Morgan fingerprint density at radius 3 is 2.46 bits per heavy atom. The lowest BCUT2D eigenvalue weighted by molar-refractivity contribution is 0.226. The molecule has 0 saturated carbocycles. The maximum absolute atomic E-state index is 9.42. The van der Waals surface area contributed by atoms with Crippen molar-refractivity contribution in [2.45, 2.75) is 52.6 Å². The van der Waals surface area contributed by atoms with Crippen LogP contribution in [0.4, 0.5) is 0 Å². The standard InChI is InChI=1S/C12H22O/c1-5-7-12(11(4)13)9-6-8-10(2)3/h9,11,13H,2,5-8H2,1,3-4H3/b12-9+. The summed E-state index contributed by atoms with van der Waals surface area (Å²) in [5.41, 5.74) is 2.38. The van der Waals surface area contributed by atoms with Gasteiger partial charge in [0.15, 0.2) is 0 Å². The molecule has 1 N–H and O–H groups in total. The van der Waals surface area contributed by atoms with E-state index >= 15 is 0 Å². The van der Waals surface area contributed by atoms with Crippen LogP contribution in [0.5, 0.6) is 0 Å². The van der Waals surface area contributed by atoms with Crippen LogP contribution in [0.3, 0.4) is 0 Å². The molecule has 1 nitrogen and oxygen atoms in total. The van der Waals surface area contributed by atoms with Gasteiger partial charge in [-0.2, -0.15) is 0 Å². The lowest BCUT2D eigenvalue weighted by atomic mass is 10.0. The van der Waals surface area contributed by atoms with E-state index in [-0.39, 0.29) is 6.10 Å². The van der Waals surface area contributed by atoms with Gasteiger partial charge in [-0.15, -0.1) is 6.58 Å². The lowest BCUT2D eigenvalue weighted by Crippen LogP contribution is -2.04. The zero-order valence-electron chi connectivity index (χ0n) is 9.14. The fourth-order valence-corrected chi connectivity index (χ4v) is 1.27. The third kappa shape index (κ3) is 6.59. The maximum Gasteiger partial charge on any atom is 0.0721 e. The minimum absolute atomic E-state index is 0.287. The summed E-state index contributed by atoms with van der Waals surface area (Å²) in [6.07, 6.45) is 6.01. The third-order valence-electron chi connectivity index (χ3n) is 2.05. The van der Waals surface area contributed by atoms with E-state index in [0.29, 0.717) is 0 Å². The van der Waals surface area contributed by atoms with Crippen molar-refractivity contribution >= 4 is 0 Å². The molecule has 0 aromatic carbocycles. The molecule has 0 rings (SSSR count). The maximum atomic E-state index is 9.42. The third-order valence-corrected chi connectivity index (χ3v) is 2.05. The molecule has 0 aromatic rings. The number of hydrogen-bond acceptors (Lipinski definition) is 1. The second-order valence-electron chi connectivity index (χ2n) is 3.70. The first-order chi connectivity index (χ1) is 6.07. The van der Waals surface area contributed by atoms with E-state index in [1.54, 1.807) is 0 Å². The molecule has 0 amide bonds. The molecule has 0 bridgehead atoms. The van der Waals surface area contributed by atoms with Gasteiger partial charge < -0.3 is 5.11 Å². The van der Waals surface area contributed by atoms with Gasteiger partial charge in [0.2, 0.25) is 0 Å². The normalized spacial score (nSPS) is 14.3. The number of aliphatic hydroxyl groups is 1. The molecule has 1 atom stereocenters. The Kier molecular flexibility index (Phi) is 6.61. The van der Waals surface area contributed by atoms with Crippen molar-refractivity contribution in [2.24, 2.45) is 0 Å². The summed E-state index contributed by atoms with van der Waals surface area (Å²) in [5, 5.41) is 9.42. The summed E-state index contributed by atoms with van der Waals surface area (Å²) in [6.45, 7) is 9.86. The smallest absolute Gasteiger partial charge is 0.0721 e. The Morgan fingerprint density at radius 2 is 2.08 bits per heavy atom. The van der Waals surface area contributed by atoms with Crippen molar-refractivity contribution in [2.75, 3.05) is 0 Å². The molecule has 0 heterocycles. The summed E-state index contributed by atoms with van der Waals surface area (Å²) >= 11 is 0. The van der Waals surface area contributed by atoms with E-state index in [1.165, 1.54) is 11.1 Å². The van der Waals surface area contributed by atoms with E-state index in [4.69, 9.17) is 0 Å². The predicted molar refractivity (Wildman–Crippen MR) is 58.7 cm³/mol. The van der Waals surface area contributed by atoms with Crippen LogP contribution in [0.2, 0.25) is 0 Å². The highest BCUT2D eigenvalue weighted by Gasteiger charge is 2.02. The van der Waals surface area contributed by atoms with Crippen LogP contribution >= 0.6 is 0 Å². The molecule has 0 spiro atoms. The highest BCUT2D eigenvalue weighted by molar-refractivity contribution is 5.07. The molecule has 0 aromatic heterocycles. The highest BCUT2D eigenvalue weighted by atomic mass is 16.3. The molecule has 0 aliphatic heterocycles. The van der Waals surface area contributed by atoms with Crippen LogP contribution in [0.25, 0.3) is 0 Å². The van der Waals surface area contributed by atoms with Crippen LogP contribution in [0, 0.1) is 0 Å². The average Bonchev–Trinajstić information content (AvgIpc) is 2.02. The van der Waals surface area contributed by atoms with Crippen molar-refractivity contribution in [3.8, 4) is 0 Å². The van der Waals surface area contributed by atoms with E-state index in [0.717, 1.165) is 25.7 Å². The van der Waals surface area contributed by atoms with Gasteiger partial charge in [0.25, 0.3) is 0 Å². The van der Waals surface area contributed by atoms with Gasteiger partial charge in [-0.05, 0) is 38.7 Å². The van der Waals surface area contributed by atoms with E-state index in [1.807, 2.05) is 13.8 Å². The molecular formula is C12H22O. The summed E-state index contributed by atoms with van der Waals surface area (Å²) in [6, 6.07) is 0. The number of allylic oxidation sites excluding steroid dienone is 2. The quantitative estimate of drug-likeness (QED) is 0.624. The van der Waals surface area contributed by atoms with Crippen molar-refractivity contribution < 1.29 is 5.11 Å². The Balaban J connectivity index is 3.96. The van der Waals surface area contributed by atoms with Crippen molar-refractivity contribution in [1.82, 2.24) is 0 Å². The van der Waals surface area contributed by atoms with Crippen LogP contribution in [0.1, 0.15) is 46.5 Å². The summed E-state index contributed by atoms with van der Waals surface area (Å²) in [5.74, 6) is 0. The molecule has 0 saturated heterocycles. The first-order valence-corrected chi connectivity index (χ1v) is 5.09. The van der Waals surface area contributed by atoms with Gasteiger partial charge in [0.1, 0.15) is 0 Å². The monoisotopic (exact) mass is 182 g/mol. The Bertz CT molecular complexity index is 178. The van der Waals surface area contributed by atoms with Crippen molar-refractivity contribution in [3.05, 3.63) is 23.8 Å². The van der Waals surface area contributed by atoms with Gasteiger partial charge in [-0.3, -0.25) is 0 Å². The number of aliphatic hydroxyl groups excluding tert-OH is 1. The van der Waals surface area contributed by atoms with E-state index in [2.05, 4.69) is 19.6 Å². The minimum Gasteiger partial charge on any atom is -0.389 e. The van der Waals surface area contributed by atoms with Crippen molar-refractivity contribution in [3.63, 3.8) is 0 Å². The second-order valence-corrected chi connectivity index (χ2v) is 3.70. The average molecular weight is 182 g/mol. The topological polar surface area (TPSA) is 20.2 Å². The molecule has 1 heteroatoms. The Morgan fingerprint density at radius 1 is 1.46 bits per heavy atom. The zero-order chi connectivity index (χ0) is 10.3. The first-order valence-electron chi connectivity index (χ1n) is 5.09. The molecular weight excluding hydrogens is 160 g/mol. The van der Waals surface area contributed by atoms with Gasteiger partial charge in [-0.1, -0.05) is 25.0 Å². The first kappa shape index (κ1) is 12.4. The number of hydrogen-bond donors (Lipinski definition) is 1. The van der Waals surface area contributed by atoms with Gasteiger partial charge in [0, 0.05) is 0 Å². The Hall–Kier alpha value is -0.560. The van der Waals surface area contributed by atoms with Crippen molar-refractivity contribution in [1.29, 1.82) is 0 Å². The minimum atomic E-state index is -0.287. The summed E-state index contributed by atoms with van der Waals surface area (Å²) in [4.78, 5) is 0. The molecule has 0 aliphatic carbocycles. The van der Waals surface area contributed by atoms with Gasteiger partial charge >= 0.3 is 0 Å². The van der Waals surface area contributed by atoms with Crippen LogP contribution in [0.15, 0.2) is 23.8 Å². The second kappa shape index (κ2) is 6.90. The van der Waals surface area contributed by atoms with Crippen LogP contribution in [-0.4, -0.2) is 11.2 Å². The zero-order valence-corrected chi connectivity index (χ0v) is 9.14. The van der Waals surface area contributed by atoms with Crippen LogP contribution < -0.4 is 0 Å². The van der Waals surface area contributed by atoms with Crippen LogP contribution in [-0.2, 0) is 0 Å². The van der Waals surface area contributed by atoms with E-state index in [9.17, 15) is 5.11 Å². The molecule has 0 fully saturated rings. The number of rotatable bonds is 6. The highest BCUT2D eigenvalue weighted by Crippen LogP contribution is 2.13.